The van der Waals surface area contributed by atoms with Gasteiger partial charge < -0.3 is 10.4 Å². The van der Waals surface area contributed by atoms with E-state index in [1.165, 1.54) is 18.2 Å². The van der Waals surface area contributed by atoms with E-state index in [0.29, 0.717) is 29.7 Å². The lowest BCUT2D eigenvalue weighted by Crippen LogP contribution is -2.21. The van der Waals surface area contributed by atoms with Gasteiger partial charge in [0.05, 0.1) is 17.3 Å². The Morgan fingerprint density at radius 2 is 1.93 bits per heavy atom. The van der Waals surface area contributed by atoms with Crippen LogP contribution in [0, 0.1) is 18.7 Å². The minimum absolute atomic E-state index is 0.111. The summed E-state index contributed by atoms with van der Waals surface area (Å²) in [5.41, 5.74) is 1.72. The van der Waals surface area contributed by atoms with Crippen molar-refractivity contribution in [2.24, 2.45) is 5.92 Å². The van der Waals surface area contributed by atoms with Gasteiger partial charge in [-0.25, -0.2) is 12.8 Å². The minimum Gasteiger partial charge on any atom is -0.395 e. The van der Waals surface area contributed by atoms with Gasteiger partial charge in [-0.15, -0.1) is 0 Å². The largest absolute Gasteiger partial charge is 0.395 e. The van der Waals surface area contributed by atoms with Gasteiger partial charge >= 0.3 is 0 Å². The summed E-state index contributed by atoms with van der Waals surface area (Å²) >= 11 is 0. The lowest BCUT2D eigenvalue weighted by molar-refractivity contribution is -0.119. The Bertz CT molecular complexity index is 912. The predicted molar refractivity (Wildman–Crippen MR) is 103 cm³/mol. The van der Waals surface area contributed by atoms with Crippen molar-refractivity contribution in [1.29, 1.82) is 0 Å². The summed E-state index contributed by atoms with van der Waals surface area (Å²) in [7, 11) is -3.54. The number of aliphatic hydroxyl groups is 1. The van der Waals surface area contributed by atoms with Crippen molar-refractivity contribution in [2.45, 2.75) is 31.6 Å². The van der Waals surface area contributed by atoms with Crippen molar-refractivity contribution in [3.05, 3.63) is 59.4 Å². The lowest BCUT2D eigenvalue weighted by Gasteiger charge is -2.15. The summed E-state index contributed by atoms with van der Waals surface area (Å²) in [6, 6.07) is 10.9. The molecule has 0 heterocycles. The number of amides is 1. The van der Waals surface area contributed by atoms with E-state index in [-0.39, 0.29) is 28.3 Å². The number of anilines is 1. The number of benzene rings is 2. The first kappa shape index (κ1) is 21.1. The van der Waals surface area contributed by atoms with E-state index in [1.807, 2.05) is 0 Å². The maximum absolute atomic E-state index is 13.7. The van der Waals surface area contributed by atoms with Gasteiger partial charge in [0, 0.05) is 11.6 Å². The Kier molecular flexibility index (Phi) is 7.10. The molecular weight excluding hydrogens is 369 g/mol. The fourth-order valence-corrected chi connectivity index (χ4v) is 3.78. The average molecular weight is 393 g/mol. The van der Waals surface area contributed by atoms with Crippen molar-refractivity contribution >= 4 is 21.4 Å². The Morgan fingerprint density at radius 1 is 1.22 bits per heavy atom. The standard InChI is InChI=1S/C20H24FNO4S/c1-14(7-8-16-5-3-4-6-18(16)21)20(24)22-19-10-9-17(13-15(19)2)27(25,26)12-11-23/h3-6,9-10,13-14,23H,7-8,11-12H2,1-2H3,(H,22,24)/t14-/m0/s1. The van der Waals surface area contributed by atoms with E-state index in [9.17, 15) is 17.6 Å². The molecule has 27 heavy (non-hydrogen) atoms. The number of rotatable bonds is 8. The number of aryl methyl sites for hydroxylation is 2. The molecule has 0 unspecified atom stereocenters. The molecule has 1 atom stereocenters. The third-order valence-corrected chi connectivity index (χ3v) is 6.12. The normalized spacial score (nSPS) is 12.6. The molecule has 0 aromatic heterocycles. The van der Waals surface area contributed by atoms with Crippen LogP contribution < -0.4 is 5.32 Å². The second-order valence-electron chi connectivity index (χ2n) is 6.54. The van der Waals surface area contributed by atoms with Crippen molar-refractivity contribution < 1.29 is 22.7 Å². The molecule has 0 spiro atoms. The van der Waals surface area contributed by atoms with Gasteiger partial charge in [-0.3, -0.25) is 4.79 Å². The van der Waals surface area contributed by atoms with Crippen LogP contribution >= 0.6 is 0 Å². The highest BCUT2D eigenvalue weighted by molar-refractivity contribution is 7.91. The molecule has 0 saturated heterocycles. The van der Waals surface area contributed by atoms with Gasteiger partial charge in [-0.2, -0.15) is 0 Å². The van der Waals surface area contributed by atoms with Crippen LogP contribution in [0.3, 0.4) is 0 Å². The van der Waals surface area contributed by atoms with Gasteiger partial charge in [0.25, 0.3) is 0 Å². The third-order valence-electron chi connectivity index (χ3n) is 4.43. The van der Waals surface area contributed by atoms with Crippen LogP contribution in [0.25, 0.3) is 0 Å². The second kappa shape index (κ2) is 9.10. The van der Waals surface area contributed by atoms with Crippen LogP contribution in [0.2, 0.25) is 0 Å². The number of halogens is 1. The Balaban J connectivity index is 2.01. The fourth-order valence-electron chi connectivity index (χ4n) is 2.67. The molecule has 146 valence electrons. The Morgan fingerprint density at radius 3 is 2.56 bits per heavy atom. The molecule has 1 amide bonds. The molecule has 2 rings (SSSR count). The zero-order valence-electron chi connectivity index (χ0n) is 15.4. The number of nitrogens with one attached hydrogen (secondary N) is 1. The quantitative estimate of drug-likeness (QED) is 0.722. The second-order valence-corrected chi connectivity index (χ2v) is 8.65. The van der Waals surface area contributed by atoms with Crippen LogP contribution in [0.1, 0.15) is 24.5 Å². The van der Waals surface area contributed by atoms with Crippen LogP contribution in [0.4, 0.5) is 10.1 Å². The van der Waals surface area contributed by atoms with E-state index in [1.54, 1.807) is 38.1 Å². The molecule has 7 heteroatoms. The third kappa shape index (κ3) is 5.61. The summed E-state index contributed by atoms with van der Waals surface area (Å²) in [6.45, 7) is 3.03. The molecule has 0 aliphatic carbocycles. The van der Waals surface area contributed by atoms with Crippen LogP contribution in [-0.2, 0) is 21.1 Å². The fraction of sp³-hybridized carbons (Fsp3) is 0.350. The van der Waals surface area contributed by atoms with Crippen molar-refractivity contribution in [3.63, 3.8) is 0 Å². The Labute approximate surface area is 159 Å². The topological polar surface area (TPSA) is 83.5 Å². The smallest absolute Gasteiger partial charge is 0.227 e. The van der Waals surface area contributed by atoms with E-state index in [0.717, 1.165) is 0 Å². The zero-order valence-corrected chi connectivity index (χ0v) is 16.2. The molecule has 2 aromatic carbocycles. The highest BCUT2D eigenvalue weighted by Crippen LogP contribution is 2.22. The van der Waals surface area contributed by atoms with Gasteiger partial charge in [0.15, 0.2) is 9.84 Å². The molecule has 0 aliphatic heterocycles. The molecular formula is C20H24FNO4S. The lowest BCUT2D eigenvalue weighted by atomic mass is 10.00. The minimum atomic E-state index is -3.54. The summed E-state index contributed by atoms with van der Waals surface area (Å²) in [6.07, 6.45) is 0.952. The summed E-state index contributed by atoms with van der Waals surface area (Å²) < 4.78 is 37.7. The van der Waals surface area contributed by atoms with Gasteiger partial charge in [-0.05, 0) is 55.2 Å². The van der Waals surface area contributed by atoms with Crippen LogP contribution in [0.15, 0.2) is 47.4 Å². The van der Waals surface area contributed by atoms with Gasteiger partial charge in [0.2, 0.25) is 5.91 Å². The SMILES string of the molecule is Cc1cc(S(=O)(=O)CCO)ccc1NC(=O)[C@@H](C)CCc1ccccc1F. The van der Waals surface area contributed by atoms with Gasteiger partial charge in [0.1, 0.15) is 5.82 Å². The Hall–Kier alpha value is -2.25. The van der Waals surface area contributed by atoms with E-state index in [2.05, 4.69) is 5.32 Å². The van der Waals surface area contributed by atoms with Crippen molar-refractivity contribution in [2.75, 3.05) is 17.7 Å². The van der Waals surface area contributed by atoms with Crippen LogP contribution in [0.5, 0.6) is 0 Å². The van der Waals surface area contributed by atoms with E-state index >= 15 is 0 Å². The molecule has 0 fully saturated rings. The van der Waals surface area contributed by atoms with Crippen molar-refractivity contribution in [3.8, 4) is 0 Å². The zero-order chi connectivity index (χ0) is 20.0. The van der Waals surface area contributed by atoms with Gasteiger partial charge in [-0.1, -0.05) is 25.1 Å². The molecule has 2 N–H and O–H groups in total. The van der Waals surface area contributed by atoms with E-state index < -0.39 is 16.4 Å². The maximum Gasteiger partial charge on any atom is 0.227 e. The molecule has 2 aromatic rings. The highest BCUT2D eigenvalue weighted by atomic mass is 32.2. The highest BCUT2D eigenvalue weighted by Gasteiger charge is 2.18. The number of aliphatic hydroxyl groups excluding tert-OH is 1. The monoisotopic (exact) mass is 393 g/mol. The maximum atomic E-state index is 13.7. The van der Waals surface area contributed by atoms with E-state index in [4.69, 9.17) is 5.11 Å². The molecule has 0 aliphatic rings. The number of hydrogen-bond donors (Lipinski definition) is 2. The summed E-state index contributed by atoms with van der Waals surface area (Å²) in [5.74, 6) is -1.16. The summed E-state index contributed by atoms with van der Waals surface area (Å²) in [4.78, 5) is 12.5. The van der Waals surface area contributed by atoms with Crippen molar-refractivity contribution in [1.82, 2.24) is 0 Å². The number of sulfone groups is 1. The number of carbonyl (C=O) groups is 1. The first-order chi connectivity index (χ1) is 12.7. The number of hydrogen-bond acceptors (Lipinski definition) is 4. The predicted octanol–water partition coefficient (Wildman–Crippen LogP) is 3.11. The molecule has 0 saturated carbocycles. The average Bonchev–Trinajstić information content (AvgIpc) is 2.62. The number of carbonyl (C=O) groups excluding carboxylic acids is 1. The first-order valence-corrected chi connectivity index (χ1v) is 10.4. The molecule has 0 radical (unpaired) electrons. The first-order valence-electron chi connectivity index (χ1n) is 8.73. The molecule has 0 bridgehead atoms. The molecule has 5 nitrogen and oxygen atoms in total. The summed E-state index contributed by atoms with van der Waals surface area (Å²) in [5, 5.41) is 11.7. The van der Waals surface area contributed by atoms with Crippen LogP contribution in [-0.4, -0.2) is 31.8 Å².